The zero-order valence-corrected chi connectivity index (χ0v) is 10.7. The molecule has 78 valence electrons. The Bertz CT molecular complexity index is 233. The highest BCUT2D eigenvalue weighted by Crippen LogP contribution is 2.59. The van der Waals surface area contributed by atoms with E-state index in [0.29, 0.717) is 0 Å². The van der Waals surface area contributed by atoms with Crippen LogP contribution in [0.1, 0.15) is 41.0 Å². The lowest BCUT2D eigenvalue weighted by Crippen LogP contribution is -2.26. The molecule has 0 spiro atoms. The van der Waals surface area contributed by atoms with Crippen molar-refractivity contribution in [1.29, 1.82) is 0 Å². The van der Waals surface area contributed by atoms with Gasteiger partial charge in [-0.05, 0) is 24.3 Å². The van der Waals surface area contributed by atoms with Gasteiger partial charge in [-0.3, -0.25) is 0 Å². The lowest BCUT2D eigenvalue weighted by atomic mass is 9.86. The second-order valence-corrected chi connectivity index (χ2v) is 9.28. The number of hydrogen-bond donors (Lipinski definition) is 0. The summed E-state index contributed by atoms with van der Waals surface area (Å²) in [5.41, 5.74) is 0.220. The van der Waals surface area contributed by atoms with Crippen LogP contribution in [-0.4, -0.2) is 11.8 Å². The summed E-state index contributed by atoms with van der Waals surface area (Å²) in [6, 6.07) is 0. The smallest absolute Gasteiger partial charge is 0.110 e. The van der Waals surface area contributed by atoms with Gasteiger partial charge in [-0.1, -0.05) is 41.2 Å². The molecule has 0 saturated heterocycles. The summed E-state index contributed by atoms with van der Waals surface area (Å²) >= 11 is 0. The Labute approximate surface area is 83.0 Å². The van der Waals surface area contributed by atoms with Gasteiger partial charge in [-0.15, -0.1) is 0 Å². The summed E-state index contributed by atoms with van der Waals surface area (Å²) < 4.78 is 12.2. The van der Waals surface area contributed by atoms with E-state index in [1.807, 2.05) is 6.66 Å². The minimum Gasteiger partial charge on any atom is -0.319 e. The highest BCUT2D eigenvalue weighted by atomic mass is 31.2. The fraction of sp³-hybridized carbons (Fsp3) is 0.818. The van der Waals surface area contributed by atoms with Gasteiger partial charge in [0.05, 0.1) is 0 Å². The van der Waals surface area contributed by atoms with Crippen molar-refractivity contribution in [1.82, 2.24) is 0 Å². The van der Waals surface area contributed by atoms with Gasteiger partial charge in [0.2, 0.25) is 0 Å². The third-order valence-electron chi connectivity index (χ3n) is 2.51. The first-order chi connectivity index (χ1) is 5.52. The quantitative estimate of drug-likeness (QED) is 0.622. The predicted molar refractivity (Wildman–Crippen MR) is 61.9 cm³/mol. The molecule has 0 N–H and O–H groups in total. The first-order valence-electron chi connectivity index (χ1n) is 4.73. The Morgan fingerprint density at radius 3 is 1.85 bits per heavy atom. The van der Waals surface area contributed by atoms with Crippen LogP contribution >= 0.6 is 7.14 Å². The van der Waals surface area contributed by atoms with Crippen LogP contribution in [0.15, 0.2) is 12.4 Å². The van der Waals surface area contributed by atoms with Crippen molar-refractivity contribution in [2.45, 2.75) is 46.2 Å². The maximum atomic E-state index is 12.2. The molecule has 0 rings (SSSR count). The molecular weight excluding hydrogens is 179 g/mol. The van der Waals surface area contributed by atoms with E-state index >= 15 is 0 Å². The van der Waals surface area contributed by atoms with Crippen molar-refractivity contribution in [2.24, 2.45) is 5.41 Å². The molecule has 2 heteroatoms. The third kappa shape index (κ3) is 3.68. The molecule has 0 saturated carbocycles. The molecule has 0 aliphatic rings. The van der Waals surface area contributed by atoms with E-state index in [-0.39, 0.29) is 10.6 Å². The molecule has 0 radical (unpaired) electrons. The average Bonchev–Trinajstić information content (AvgIpc) is 1.81. The Kier molecular flexibility index (Phi) is 3.60. The van der Waals surface area contributed by atoms with Crippen LogP contribution < -0.4 is 0 Å². The van der Waals surface area contributed by atoms with E-state index in [0.717, 1.165) is 6.42 Å². The maximum absolute atomic E-state index is 12.2. The van der Waals surface area contributed by atoms with Crippen molar-refractivity contribution in [3.05, 3.63) is 12.4 Å². The van der Waals surface area contributed by atoms with Gasteiger partial charge < -0.3 is 4.57 Å². The summed E-state index contributed by atoms with van der Waals surface area (Å²) in [4.78, 5) is 0. The van der Waals surface area contributed by atoms with Crippen LogP contribution in [0, 0.1) is 5.41 Å². The van der Waals surface area contributed by atoms with Crippen molar-refractivity contribution < 1.29 is 4.57 Å². The minimum atomic E-state index is -2.21. The minimum absolute atomic E-state index is 0.132. The van der Waals surface area contributed by atoms with Gasteiger partial charge >= 0.3 is 0 Å². The third-order valence-corrected chi connectivity index (χ3v) is 5.77. The van der Waals surface area contributed by atoms with Crippen molar-refractivity contribution in [2.75, 3.05) is 6.66 Å². The topological polar surface area (TPSA) is 17.1 Å². The van der Waals surface area contributed by atoms with E-state index in [4.69, 9.17) is 0 Å². The van der Waals surface area contributed by atoms with E-state index in [9.17, 15) is 4.57 Å². The summed E-state index contributed by atoms with van der Waals surface area (Å²) in [6.45, 7) is 16.2. The molecule has 0 fully saturated rings. The van der Waals surface area contributed by atoms with E-state index in [1.165, 1.54) is 0 Å². The van der Waals surface area contributed by atoms with Crippen LogP contribution in [0.4, 0.5) is 0 Å². The van der Waals surface area contributed by atoms with Crippen LogP contribution in [-0.2, 0) is 4.57 Å². The molecule has 0 unspecified atom stereocenters. The first-order valence-corrected chi connectivity index (χ1v) is 6.95. The standard InChI is InChI=1S/C11H23OP/c1-8-13(7,12)11(5,6)9-10(2,3)4/h8H,1,9H2,2-7H3/t13-/m1/s1. The lowest BCUT2D eigenvalue weighted by Gasteiger charge is -2.35. The molecule has 0 aromatic heterocycles. The van der Waals surface area contributed by atoms with Crippen LogP contribution in [0.5, 0.6) is 0 Å². The van der Waals surface area contributed by atoms with Crippen LogP contribution in [0.3, 0.4) is 0 Å². The lowest BCUT2D eigenvalue weighted by molar-refractivity contribution is 0.330. The maximum Gasteiger partial charge on any atom is 0.110 e. The van der Waals surface area contributed by atoms with Gasteiger partial charge in [0.1, 0.15) is 7.14 Å². The largest absolute Gasteiger partial charge is 0.319 e. The zero-order valence-electron chi connectivity index (χ0n) is 9.85. The van der Waals surface area contributed by atoms with Crippen molar-refractivity contribution in [3.63, 3.8) is 0 Å². The molecule has 1 nitrogen and oxygen atoms in total. The van der Waals surface area contributed by atoms with Crippen LogP contribution in [0.25, 0.3) is 0 Å². The SMILES string of the molecule is C=C[P@@](C)(=O)C(C)(C)CC(C)(C)C. The number of rotatable bonds is 3. The molecule has 0 bridgehead atoms. The first kappa shape index (κ1) is 13.0. The Morgan fingerprint density at radius 2 is 1.62 bits per heavy atom. The van der Waals surface area contributed by atoms with Crippen molar-refractivity contribution in [3.8, 4) is 0 Å². The normalized spacial score (nSPS) is 18.0. The Balaban J connectivity index is 4.78. The van der Waals surface area contributed by atoms with Gasteiger partial charge in [0.15, 0.2) is 0 Å². The zero-order chi connectivity index (χ0) is 10.9. The highest BCUT2D eigenvalue weighted by Gasteiger charge is 2.36. The molecule has 13 heavy (non-hydrogen) atoms. The van der Waals surface area contributed by atoms with Crippen molar-refractivity contribution >= 4 is 7.14 Å². The molecule has 0 heterocycles. The predicted octanol–water partition coefficient (Wildman–Crippen LogP) is 4.34. The van der Waals surface area contributed by atoms with Gasteiger partial charge in [-0.2, -0.15) is 0 Å². The van der Waals surface area contributed by atoms with E-state index in [2.05, 4.69) is 41.2 Å². The highest BCUT2D eigenvalue weighted by molar-refractivity contribution is 7.67. The molecule has 0 aliphatic carbocycles. The molecule has 0 aromatic rings. The van der Waals surface area contributed by atoms with Gasteiger partial charge in [-0.25, -0.2) is 0 Å². The summed E-state index contributed by atoms with van der Waals surface area (Å²) in [5.74, 6) is 1.64. The summed E-state index contributed by atoms with van der Waals surface area (Å²) in [7, 11) is -2.21. The second-order valence-electron chi connectivity index (χ2n) is 5.72. The summed E-state index contributed by atoms with van der Waals surface area (Å²) in [6.07, 6.45) is 0.958. The fourth-order valence-electron chi connectivity index (χ4n) is 1.70. The average molecular weight is 202 g/mol. The van der Waals surface area contributed by atoms with E-state index in [1.54, 1.807) is 5.82 Å². The second kappa shape index (κ2) is 3.61. The molecule has 0 aromatic carbocycles. The molecule has 1 atom stereocenters. The molecule has 0 aliphatic heterocycles. The van der Waals surface area contributed by atoms with Gasteiger partial charge in [0.25, 0.3) is 0 Å². The Morgan fingerprint density at radius 1 is 1.23 bits per heavy atom. The monoisotopic (exact) mass is 202 g/mol. The summed E-state index contributed by atoms with van der Waals surface area (Å²) in [5, 5.41) is -0.132. The Hall–Kier alpha value is -0.0300. The number of hydrogen-bond acceptors (Lipinski definition) is 1. The molecular formula is C11H23OP. The fourth-order valence-corrected chi connectivity index (χ4v) is 2.98. The molecule has 0 amide bonds. The van der Waals surface area contributed by atoms with Crippen LogP contribution in [0.2, 0.25) is 0 Å². The van der Waals surface area contributed by atoms with Gasteiger partial charge in [0, 0.05) is 5.16 Å². The van der Waals surface area contributed by atoms with E-state index < -0.39 is 7.14 Å².